The van der Waals surface area contributed by atoms with Gasteiger partial charge in [0, 0.05) is 6.54 Å². The van der Waals surface area contributed by atoms with Crippen LogP contribution < -0.4 is 10.1 Å². The van der Waals surface area contributed by atoms with Gasteiger partial charge in [-0.2, -0.15) is 5.26 Å². The molecule has 0 aliphatic carbocycles. The summed E-state index contributed by atoms with van der Waals surface area (Å²) in [6.07, 6.45) is 2.72. The van der Waals surface area contributed by atoms with Crippen molar-refractivity contribution in [3.8, 4) is 11.8 Å². The van der Waals surface area contributed by atoms with Crippen LogP contribution in [0.1, 0.15) is 18.4 Å². The molecule has 0 saturated carbocycles. The molecule has 78 valence electrons. The Labute approximate surface area is 89.7 Å². The van der Waals surface area contributed by atoms with Crippen LogP contribution in [0.15, 0.2) is 18.2 Å². The molecule has 0 unspecified atom stereocenters. The van der Waals surface area contributed by atoms with Crippen LogP contribution in [0, 0.1) is 11.3 Å². The van der Waals surface area contributed by atoms with Gasteiger partial charge in [-0.25, -0.2) is 0 Å². The van der Waals surface area contributed by atoms with Gasteiger partial charge in [0.15, 0.2) is 0 Å². The van der Waals surface area contributed by atoms with Gasteiger partial charge >= 0.3 is 0 Å². The van der Waals surface area contributed by atoms with Gasteiger partial charge in [0.05, 0.1) is 18.2 Å². The number of ether oxygens (including phenoxy) is 1. The second-order valence-electron chi connectivity index (χ2n) is 3.58. The van der Waals surface area contributed by atoms with E-state index in [2.05, 4.69) is 17.5 Å². The third-order valence-electron chi connectivity index (χ3n) is 2.51. The highest BCUT2D eigenvalue weighted by molar-refractivity contribution is 5.63. The lowest BCUT2D eigenvalue weighted by Gasteiger charge is -2.20. The standard InChI is InChI=1S/C12H14N2O/c13-7-3-9-15-11-6-1-4-10-5-2-8-14-12(10)11/h1,4,6,14H,2-3,5,8-9H2. The number of rotatable bonds is 3. The topological polar surface area (TPSA) is 45.0 Å². The summed E-state index contributed by atoms with van der Waals surface area (Å²) < 4.78 is 5.56. The van der Waals surface area contributed by atoms with E-state index in [-0.39, 0.29) is 0 Å². The fraction of sp³-hybridized carbons (Fsp3) is 0.417. The fourth-order valence-electron chi connectivity index (χ4n) is 1.80. The molecule has 0 aromatic heterocycles. The molecule has 1 aliphatic rings. The Morgan fingerprint density at radius 3 is 3.27 bits per heavy atom. The molecule has 1 aromatic rings. The van der Waals surface area contributed by atoms with Crippen LogP contribution in [0.3, 0.4) is 0 Å². The number of para-hydroxylation sites is 1. The van der Waals surface area contributed by atoms with Crippen molar-refractivity contribution in [3.63, 3.8) is 0 Å². The molecule has 0 radical (unpaired) electrons. The monoisotopic (exact) mass is 202 g/mol. The molecule has 3 nitrogen and oxygen atoms in total. The lowest BCUT2D eigenvalue weighted by molar-refractivity contribution is 0.327. The Hall–Kier alpha value is -1.69. The van der Waals surface area contributed by atoms with Gasteiger partial charge < -0.3 is 10.1 Å². The Kier molecular flexibility index (Phi) is 3.08. The van der Waals surface area contributed by atoms with Gasteiger partial charge in [0.1, 0.15) is 12.4 Å². The van der Waals surface area contributed by atoms with Crippen molar-refractivity contribution in [2.75, 3.05) is 18.5 Å². The number of fused-ring (bicyclic) bond motifs is 1. The summed E-state index contributed by atoms with van der Waals surface area (Å²) in [6.45, 7) is 1.47. The Morgan fingerprint density at radius 2 is 2.40 bits per heavy atom. The maximum Gasteiger partial charge on any atom is 0.142 e. The fourth-order valence-corrected chi connectivity index (χ4v) is 1.80. The van der Waals surface area contributed by atoms with Crippen molar-refractivity contribution in [2.45, 2.75) is 19.3 Å². The smallest absolute Gasteiger partial charge is 0.142 e. The van der Waals surface area contributed by atoms with Gasteiger partial charge in [-0.1, -0.05) is 12.1 Å². The van der Waals surface area contributed by atoms with Gasteiger partial charge in [0.25, 0.3) is 0 Å². The van der Waals surface area contributed by atoms with Gasteiger partial charge in [-0.15, -0.1) is 0 Å². The molecule has 1 heterocycles. The molecule has 0 amide bonds. The van der Waals surface area contributed by atoms with Crippen LogP contribution >= 0.6 is 0 Å². The molecule has 0 saturated heterocycles. The van der Waals surface area contributed by atoms with E-state index in [0.29, 0.717) is 13.0 Å². The molecule has 15 heavy (non-hydrogen) atoms. The third-order valence-corrected chi connectivity index (χ3v) is 2.51. The van der Waals surface area contributed by atoms with Crippen LogP contribution in [0.5, 0.6) is 5.75 Å². The van der Waals surface area contributed by atoms with E-state index in [1.54, 1.807) is 0 Å². The molecule has 1 N–H and O–H groups in total. The number of anilines is 1. The maximum atomic E-state index is 8.44. The largest absolute Gasteiger partial charge is 0.490 e. The van der Waals surface area contributed by atoms with E-state index >= 15 is 0 Å². The normalized spacial score (nSPS) is 13.5. The minimum absolute atomic E-state index is 0.434. The van der Waals surface area contributed by atoms with Crippen molar-refractivity contribution in [2.24, 2.45) is 0 Å². The zero-order chi connectivity index (χ0) is 10.5. The van der Waals surface area contributed by atoms with E-state index in [4.69, 9.17) is 10.00 Å². The van der Waals surface area contributed by atoms with Crippen LogP contribution in [0.2, 0.25) is 0 Å². The molecule has 3 heteroatoms. The molecule has 0 spiro atoms. The summed E-state index contributed by atoms with van der Waals surface area (Å²) >= 11 is 0. The van der Waals surface area contributed by atoms with E-state index in [0.717, 1.165) is 24.4 Å². The van der Waals surface area contributed by atoms with Crippen molar-refractivity contribution in [3.05, 3.63) is 23.8 Å². The first-order chi connectivity index (χ1) is 7.42. The van der Waals surface area contributed by atoms with E-state index in [9.17, 15) is 0 Å². The lowest BCUT2D eigenvalue weighted by Crippen LogP contribution is -2.13. The lowest BCUT2D eigenvalue weighted by atomic mass is 10.0. The number of benzene rings is 1. The number of nitriles is 1. The Balaban J connectivity index is 2.13. The Morgan fingerprint density at radius 1 is 1.47 bits per heavy atom. The van der Waals surface area contributed by atoms with Crippen molar-refractivity contribution in [1.29, 1.82) is 5.26 Å². The van der Waals surface area contributed by atoms with Crippen LogP contribution in [0.25, 0.3) is 0 Å². The summed E-state index contributed by atoms with van der Waals surface area (Å²) in [7, 11) is 0. The number of aryl methyl sites for hydroxylation is 1. The minimum atomic E-state index is 0.434. The second-order valence-corrected chi connectivity index (χ2v) is 3.58. The summed E-state index contributed by atoms with van der Waals surface area (Å²) in [6, 6.07) is 8.16. The number of hydrogen-bond donors (Lipinski definition) is 1. The van der Waals surface area contributed by atoms with Crippen molar-refractivity contribution >= 4 is 5.69 Å². The van der Waals surface area contributed by atoms with Crippen molar-refractivity contribution < 1.29 is 4.74 Å². The predicted octanol–water partition coefficient (Wildman–Crippen LogP) is 2.34. The molecule has 0 atom stereocenters. The average Bonchev–Trinajstić information content (AvgIpc) is 2.30. The second kappa shape index (κ2) is 4.70. The van der Waals surface area contributed by atoms with Crippen LogP contribution in [-0.2, 0) is 6.42 Å². The quantitative estimate of drug-likeness (QED) is 0.765. The highest BCUT2D eigenvalue weighted by Gasteiger charge is 2.12. The molecule has 1 aliphatic heterocycles. The zero-order valence-corrected chi connectivity index (χ0v) is 8.62. The third kappa shape index (κ3) is 2.21. The highest BCUT2D eigenvalue weighted by atomic mass is 16.5. The Bertz CT molecular complexity index is 382. The van der Waals surface area contributed by atoms with E-state index in [1.807, 2.05) is 12.1 Å². The molecule has 1 aromatic carbocycles. The van der Waals surface area contributed by atoms with Gasteiger partial charge in [-0.05, 0) is 24.5 Å². The first kappa shape index (κ1) is 9.85. The summed E-state index contributed by atoms with van der Waals surface area (Å²) in [5.74, 6) is 0.877. The number of nitrogens with zero attached hydrogens (tertiary/aromatic N) is 1. The molecular formula is C12H14N2O. The van der Waals surface area contributed by atoms with Crippen LogP contribution in [-0.4, -0.2) is 13.2 Å². The van der Waals surface area contributed by atoms with Gasteiger partial charge in [-0.3, -0.25) is 0 Å². The molecule has 2 rings (SSSR count). The van der Waals surface area contributed by atoms with Crippen LogP contribution in [0.4, 0.5) is 5.69 Å². The summed E-state index contributed by atoms with van der Waals surface area (Å²) in [5.41, 5.74) is 2.43. The van der Waals surface area contributed by atoms with Gasteiger partial charge in [0.2, 0.25) is 0 Å². The maximum absolute atomic E-state index is 8.44. The summed E-state index contributed by atoms with van der Waals surface area (Å²) in [4.78, 5) is 0. The predicted molar refractivity (Wildman–Crippen MR) is 59.0 cm³/mol. The number of hydrogen-bond acceptors (Lipinski definition) is 3. The average molecular weight is 202 g/mol. The SMILES string of the molecule is N#CCCOc1cccc2c1NCCC2. The minimum Gasteiger partial charge on any atom is -0.490 e. The first-order valence-electron chi connectivity index (χ1n) is 5.27. The molecule has 0 bridgehead atoms. The zero-order valence-electron chi connectivity index (χ0n) is 8.62. The molecular weight excluding hydrogens is 188 g/mol. The van der Waals surface area contributed by atoms with Crippen molar-refractivity contribution in [1.82, 2.24) is 0 Å². The summed E-state index contributed by atoms with van der Waals surface area (Å²) in [5, 5.41) is 11.8. The van der Waals surface area contributed by atoms with E-state index < -0.39 is 0 Å². The first-order valence-corrected chi connectivity index (χ1v) is 5.27. The molecule has 0 fully saturated rings. The highest BCUT2D eigenvalue weighted by Crippen LogP contribution is 2.31. The number of nitrogens with one attached hydrogen (secondary N) is 1. The van der Waals surface area contributed by atoms with E-state index in [1.165, 1.54) is 12.0 Å².